The van der Waals surface area contributed by atoms with Gasteiger partial charge >= 0.3 is 0 Å². The van der Waals surface area contributed by atoms with E-state index in [0.29, 0.717) is 0 Å². The summed E-state index contributed by atoms with van der Waals surface area (Å²) in [6.07, 6.45) is 5.09. The molecule has 0 amide bonds. The summed E-state index contributed by atoms with van der Waals surface area (Å²) in [4.78, 5) is 7.25. The molecule has 1 aromatic heterocycles. The molecule has 90 valence electrons. The van der Waals surface area contributed by atoms with Crippen LogP contribution < -0.4 is 0 Å². The number of aryl methyl sites for hydroxylation is 1. The van der Waals surface area contributed by atoms with E-state index in [1.54, 1.807) is 0 Å². The number of piperidine rings is 1. The number of aromatic nitrogens is 1. The molecule has 1 aliphatic heterocycles. The standard InChI is InChI=1S/C13H22N2S/c1-3-5-13-14-12(10-16-13)9-15-7-4-6-11(2)8-15/h10-11H,3-9H2,1-2H3. The highest BCUT2D eigenvalue weighted by molar-refractivity contribution is 7.09. The summed E-state index contributed by atoms with van der Waals surface area (Å²) in [5.41, 5.74) is 1.28. The third-order valence-electron chi connectivity index (χ3n) is 3.19. The van der Waals surface area contributed by atoms with E-state index in [4.69, 9.17) is 4.98 Å². The van der Waals surface area contributed by atoms with Crippen LogP contribution in [-0.2, 0) is 13.0 Å². The van der Waals surface area contributed by atoms with Crippen LogP contribution in [0.2, 0.25) is 0 Å². The van der Waals surface area contributed by atoms with Crippen LogP contribution in [0.3, 0.4) is 0 Å². The minimum atomic E-state index is 0.863. The molecule has 0 aromatic carbocycles. The number of likely N-dealkylation sites (tertiary alicyclic amines) is 1. The molecule has 3 heteroatoms. The van der Waals surface area contributed by atoms with Crippen molar-refractivity contribution < 1.29 is 0 Å². The predicted octanol–water partition coefficient (Wildman–Crippen LogP) is 3.33. The van der Waals surface area contributed by atoms with E-state index in [0.717, 1.165) is 18.9 Å². The van der Waals surface area contributed by atoms with Crippen LogP contribution in [0, 0.1) is 5.92 Å². The SMILES string of the molecule is CCCc1nc(CN2CCCC(C)C2)cs1. The predicted molar refractivity (Wildman–Crippen MR) is 69.8 cm³/mol. The lowest BCUT2D eigenvalue weighted by molar-refractivity contribution is 0.175. The monoisotopic (exact) mass is 238 g/mol. The van der Waals surface area contributed by atoms with Gasteiger partial charge in [0.15, 0.2) is 0 Å². The van der Waals surface area contributed by atoms with Gasteiger partial charge in [-0.1, -0.05) is 13.8 Å². The van der Waals surface area contributed by atoms with E-state index in [1.165, 1.54) is 43.1 Å². The van der Waals surface area contributed by atoms with Gasteiger partial charge in [-0.3, -0.25) is 4.90 Å². The molecule has 0 saturated carbocycles. The van der Waals surface area contributed by atoms with Crippen molar-refractivity contribution in [2.45, 2.75) is 46.1 Å². The molecule has 1 aromatic rings. The Balaban J connectivity index is 1.87. The smallest absolute Gasteiger partial charge is 0.0928 e. The molecule has 2 rings (SSSR count). The lowest BCUT2D eigenvalue weighted by Crippen LogP contribution is -2.33. The molecule has 16 heavy (non-hydrogen) atoms. The van der Waals surface area contributed by atoms with E-state index in [1.807, 2.05) is 11.3 Å². The third kappa shape index (κ3) is 3.29. The summed E-state index contributed by atoms with van der Waals surface area (Å²) >= 11 is 1.83. The van der Waals surface area contributed by atoms with Crippen LogP contribution in [0.15, 0.2) is 5.38 Å². The zero-order valence-corrected chi connectivity index (χ0v) is 11.2. The van der Waals surface area contributed by atoms with Crippen molar-refractivity contribution in [2.75, 3.05) is 13.1 Å². The quantitative estimate of drug-likeness (QED) is 0.800. The van der Waals surface area contributed by atoms with Crippen molar-refractivity contribution >= 4 is 11.3 Å². The van der Waals surface area contributed by atoms with Crippen LogP contribution in [0.25, 0.3) is 0 Å². The Morgan fingerprint density at radius 2 is 2.44 bits per heavy atom. The minimum absolute atomic E-state index is 0.863. The Bertz CT molecular complexity index is 321. The summed E-state index contributed by atoms with van der Waals surface area (Å²) in [6.45, 7) is 8.14. The first-order valence-corrected chi connectivity index (χ1v) is 7.31. The Hall–Kier alpha value is -0.410. The van der Waals surface area contributed by atoms with Gasteiger partial charge < -0.3 is 0 Å². The summed E-state index contributed by atoms with van der Waals surface area (Å²) in [5, 5.41) is 3.55. The average molecular weight is 238 g/mol. The van der Waals surface area contributed by atoms with Gasteiger partial charge in [0.1, 0.15) is 0 Å². The molecular weight excluding hydrogens is 216 g/mol. The molecular formula is C13H22N2S. The number of hydrogen-bond donors (Lipinski definition) is 0. The maximum atomic E-state index is 4.70. The van der Waals surface area contributed by atoms with Crippen molar-refractivity contribution in [2.24, 2.45) is 5.92 Å². The van der Waals surface area contributed by atoms with E-state index in [-0.39, 0.29) is 0 Å². The summed E-state index contributed by atoms with van der Waals surface area (Å²) < 4.78 is 0. The molecule has 1 saturated heterocycles. The van der Waals surface area contributed by atoms with E-state index < -0.39 is 0 Å². The maximum Gasteiger partial charge on any atom is 0.0928 e. The van der Waals surface area contributed by atoms with Crippen LogP contribution in [0.5, 0.6) is 0 Å². The highest BCUT2D eigenvalue weighted by Crippen LogP contribution is 2.19. The average Bonchev–Trinajstić information content (AvgIpc) is 2.66. The number of thiazole rings is 1. The molecule has 2 nitrogen and oxygen atoms in total. The highest BCUT2D eigenvalue weighted by Gasteiger charge is 2.17. The van der Waals surface area contributed by atoms with E-state index >= 15 is 0 Å². The van der Waals surface area contributed by atoms with Gasteiger partial charge in [0.2, 0.25) is 0 Å². The molecule has 1 fully saturated rings. The number of rotatable bonds is 4. The van der Waals surface area contributed by atoms with Gasteiger partial charge in [-0.2, -0.15) is 0 Å². The molecule has 1 atom stereocenters. The van der Waals surface area contributed by atoms with Gasteiger partial charge in [0, 0.05) is 18.5 Å². The molecule has 0 aliphatic carbocycles. The molecule has 1 unspecified atom stereocenters. The topological polar surface area (TPSA) is 16.1 Å². The maximum absolute atomic E-state index is 4.70. The molecule has 0 spiro atoms. The van der Waals surface area contributed by atoms with Gasteiger partial charge in [-0.25, -0.2) is 4.98 Å². The highest BCUT2D eigenvalue weighted by atomic mass is 32.1. The van der Waals surface area contributed by atoms with Gasteiger partial charge in [-0.15, -0.1) is 11.3 Å². The van der Waals surface area contributed by atoms with Crippen molar-refractivity contribution in [3.05, 3.63) is 16.1 Å². The lowest BCUT2D eigenvalue weighted by Gasteiger charge is -2.30. The molecule has 2 heterocycles. The Morgan fingerprint density at radius 1 is 1.56 bits per heavy atom. The van der Waals surface area contributed by atoms with Crippen LogP contribution in [0.1, 0.15) is 43.8 Å². The zero-order valence-electron chi connectivity index (χ0n) is 10.4. The normalized spacial score (nSPS) is 22.5. The first kappa shape index (κ1) is 12.1. The lowest BCUT2D eigenvalue weighted by atomic mass is 10.0. The van der Waals surface area contributed by atoms with Gasteiger partial charge in [-0.05, 0) is 38.1 Å². The number of hydrogen-bond acceptors (Lipinski definition) is 3. The first-order valence-electron chi connectivity index (χ1n) is 6.43. The fraction of sp³-hybridized carbons (Fsp3) is 0.769. The fourth-order valence-electron chi connectivity index (χ4n) is 2.41. The van der Waals surface area contributed by atoms with E-state index in [9.17, 15) is 0 Å². The van der Waals surface area contributed by atoms with Crippen LogP contribution >= 0.6 is 11.3 Å². The van der Waals surface area contributed by atoms with Crippen molar-refractivity contribution in [3.63, 3.8) is 0 Å². The van der Waals surface area contributed by atoms with Crippen LogP contribution in [-0.4, -0.2) is 23.0 Å². The second kappa shape index (κ2) is 5.78. The number of nitrogens with zero attached hydrogens (tertiary/aromatic N) is 2. The van der Waals surface area contributed by atoms with Crippen molar-refractivity contribution in [1.82, 2.24) is 9.88 Å². The summed E-state index contributed by atoms with van der Waals surface area (Å²) in [7, 11) is 0. The minimum Gasteiger partial charge on any atom is -0.297 e. The van der Waals surface area contributed by atoms with E-state index in [2.05, 4.69) is 24.1 Å². The third-order valence-corrected chi connectivity index (χ3v) is 4.15. The van der Waals surface area contributed by atoms with Gasteiger partial charge in [0.25, 0.3) is 0 Å². The van der Waals surface area contributed by atoms with Gasteiger partial charge in [0.05, 0.1) is 10.7 Å². The first-order chi connectivity index (χ1) is 7.78. The summed E-state index contributed by atoms with van der Waals surface area (Å²) in [6, 6.07) is 0. The fourth-order valence-corrected chi connectivity index (χ4v) is 3.30. The van der Waals surface area contributed by atoms with Crippen LogP contribution in [0.4, 0.5) is 0 Å². The van der Waals surface area contributed by atoms with Crippen molar-refractivity contribution in [3.8, 4) is 0 Å². The largest absolute Gasteiger partial charge is 0.297 e. The molecule has 0 N–H and O–H groups in total. The summed E-state index contributed by atoms with van der Waals surface area (Å²) in [5.74, 6) is 0.863. The molecule has 0 radical (unpaired) electrons. The Labute approximate surface area is 103 Å². The Morgan fingerprint density at radius 3 is 3.19 bits per heavy atom. The second-order valence-corrected chi connectivity index (χ2v) is 5.91. The Kier molecular flexibility index (Phi) is 4.36. The molecule has 0 bridgehead atoms. The zero-order chi connectivity index (χ0) is 11.4. The van der Waals surface area contributed by atoms with Crippen molar-refractivity contribution in [1.29, 1.82) is 0 Å². The molecule has 1 aliphatic rings. The second-order valence-electron chi connectivity index (χ2n) is 4.97.